The SMILES string of the molecule is Oc1ccc2ccccc2c1[C@H](c1cccc(F)c1)c1c(-c2ccccc2)[nH]c2ccccc12. The van der Waals surface area contributed by atoms with Crippen LogP contribution in [-0.2, 0) is 0 Å². The van der Waals surface area contributed by atoms with Crippen molar-refractivity contribution in [2.45, 2.75) is 5.92 Å². The molecule has 1 heterocycles. The second kappa shape index (κ2) is 8.20. The monoisotopic (exact) mass is 443 g/mol. The van der Waals surface area contributed by atoms with Crippen LogP contribution in [0.4, 0.5) is 4.39 Å². The summed E-state index contributed by atoms with van der Waals surface area (Å²) >= 11 is 0. The second-order valence-electron chi connectivity index (χ2n) is 8.53. The fraction of sp³-hybridized carbons (Fsp3) is 0.0323. The maximum Gasteiger partial charge on any atom is 0.123 e. The molecule has 0 spiro atoms. The number of nitrogens with one attached hydrogen (secondary N) is 1. The Bertz CT molecular complexity index is 1630. The molecule has 2 nitrogen and oxygen atoms in total. The molecule has 0 aliphatic carbocycles. The molecule has 0 aliphatic rings. The van der Waals surface area contributed by atoms with Gasteiger partial charge in [0.1, 0.15) is 11.6 Å². The number of aromatic amines is 1. The molecule has 0 fully saturated rings. The van der Waals surface area contributed by atoms with E-state index in [2.05, 4.69) is 29.2 Å². The average Bonchev–Trinajstić information content (AvgIpc) is 3.26. The van der Waals surface area contributed by atoms with Crippen LogP contribution in [0.5, 0.6) is 5.75 Å². The van der Waals surface area contributed by atoms with Gasteiger partial charge in [-0.1, -0.05) is 91.0 Å². The lowest BCUT2D eigenvalue weighted by Gasteiger charge is -2.23. The molecule has 0 saturated heterocycles. The van der Waals surface area contributed by atoms with Gasteiger partial charge in [0.25, 0.3) is 0 Å². The molecule has 6 rings (SSSR count). The van der Waals surface area contributed by atoms with E-state index in [1.807, 2.05) is 66.7 Å². The highest BCUT2D eigenvalue weighted by Gasteiger charge is 2.28. The van der Waals surface area contributed by atoms with E-state index in [-0.39, 0.29) is 11.6 Å². The Morgan fingerprint density at radius 3 is 2.21 bits per heavy atom. The van der Waals surface area contributed by atoms with Gasteiger partial charge < -0.3 is 10.1 Å². The van der Waals surface area contributed by atoms with Gasteiger partial charge in [-0.2, -0.15) is 0 Å². The summed E-state index contributed by atoms with van der Waals surface area (Å²) in [5, 5.41) is 14.3. The van der Waals surface area contributed by atoms with Crippen LogP contribution in [0.15, 0.2) is 115 Å². The number of benzene rings is 5. The Labute approximate surface area is 196 Å². The highest BCUT2D eigenvalue weighted by Crippen LogP contribution is 2.47. The van der Waals surface area contributed by atoms with E-state index in [0.29, 0.717) is 0 Å². The van der Waals surface area contributed by atoms with Crippen LogP contribution in [0.1, 0.15) is 22.6 Å². The summed E-state index contributed by atoms with van der Waals surface area (Å²) in [4.78, 5) is 3.61. The number of fused-ring (bicyclic) bond motifs is 2. The highest BCUT2D eigenvalue weighted by molar-refractivity contribution is 5.95. The van der Waals surface area contributed by atoms with Gasteiger partial charge in [-0.15, -0.1) is 0 Å². The van der Waals surface area contributed by atoms with Crippen molar-refractivity contribution in [3.63, 3.8) is 0 Å². The van der Waals surface area contributed by atoms with Crippen LogP contribution in [0, 0.1) is 5.82 Å². The lowest BCUT2D eigenvalue weighted by Crippen LogP contribution is -2.06. The topological polar surface area (TPSA) is 36.0 Å². The number of aromatic nitrogens is 1. The first kappa shape index (κ1) is 20.3. The van der Waals surface area contributed by atoms with Gasteiger partial charge in [0.05, 0.1) is 5.69 Å². The third kappa shape index (κ3) is 3.34. The number of phenolic OH excluding ortho intramolecular Hbond substituents is 1. The third-order valence-electron chi connectivity index (χ3n) is 6.52. The van der Waals surface area contributed by atoms with Crippen LogP contribution in [0.25, 0.3) is 32.9 Å². The summed E-state index contributed by atoms with van der Waals surface area (Å²) in [6.45, 7) is 0. The molecule has 0 unspecified atom stereocenters. The van der Waals surface area contributed by atoms with E-state index in [4.69, 9.17) is 0 Å². The summed E-state index contributed by atoms with van der Waals surface area (Å²) in [5.74, 6) is -0.506. The van der Waals surface area contributed by atoms with Crippen molar-refractivity contribution in [3.8, 4) is 17.0 Å². The fourth-order valence-corrected chi connectivity index (χ4v) is 5.05. The second-order valence-corrected chi connectivity index (χ2v) is 8.53. The van der Waals surface area contributed by atoms with Crippen molar-refractivity contribution >= 4 is 21.7 Å². The van der Waals surface area contributed by atoms with E-state index in [1.54, 1.807) is 18.2 Å². The van der Waals surface area contributed by atoms with Crippen LogP contribution in [0.3, 0.4) is 0 Å². The summed E-state index contributed by atoms with van der Waals surface area (Å²) in [6.07, 6.45) is 0. The third-order valence-corrected chi connectivity index (χ3v) is 6.52. The molecule has 5 aromatic carbocycles. The first-order valence-corrected chi connectivity index (χ1v) is 11.3. The molecule has 0 bridgehead atoms. The molecular formula is C31H22FNO. The molecule has 164 valence electrons. The zero-order chi connectivity index (χ0) is 23.1. The number of rotatable bonds is 4. The Balaban J connectivity index is 1.76. The normalized spacial score (nSPS) is 12.3. The minimum absolute atomic E-state index is 0.192. The maximum absolute atomic E-state index is 14.6. The summed E-state index contributed by atoms with van der Waals surface area (Å²) in [5.41, 5.74) is 5.56. The number of para-hydroxylation sites is 1. The van der Waals surface area contributed by atoms with E-state index in [1.165, 1.54) is 6.07 Å². The average molecular weight is 444 g/mol. The Morgan fingerprint density at radius 1 is 0.647 bits per heavy atom. The minimum atomic E-state index is -0.395. The number of phenols is 1. The van der Waals surface area contributed by atoms with Crippen molar-refractivity contribution in [2.24, 2.45) is 0 Å². The quantitative estimate of drug-likeness (QED) is 0.284. The fourth-order valence-electron chi connectivity index (χ4n) is 5.05. The Kier molecular flexibility index (Phi) is 4.88. The molecular weight excluding hydrogens is 421 g/mol. The van der Waals surface area contributed by atoms with Gasteiger partial charge in [-0.25, -0.2) is 4.39 Å². The van der Waals surface area contributed by atoms with Crippen LogP contribution in [-0.4, -0.2) is 10.1 Å². The maximum atomic E-state index is 14.6. The molecule has 6 aromatic rings. The van der Waals surface area contributed by atoms with E-state index in [0.717, 1.165) is 49.6 Å². The van der Waals surface area contributed by atoms with Crippen LogP contribution < -0.4 is 0 Å². The van der Waals surface area contributed by atoms with Gasteiger partial charge >= 0.3 is 0 Å². The van der Waals surface area contributed by atoms with E-state index in [9.17, 15) is 9.50 Å². The lowest BCUT2D eigenvalue weighted by molar-refractivity contribution is 0.468. The number of aromatic hydroxyl groups is 1. The summed E-state index contributed by atoms with van der Waals surface area (Å²) in [7, 11) is 0. The van der Waals surface area contributed by atoms with E-state index >= 15 is 0 Å². The first-order chi connectivity index (χ1) is 16.7. The van der Waals surface area contributed by atoms with Crippen molar-refractivity contribution in [3.05, 3.63) is 138 Å². The number of hydrogen-bond donors (Lipinski definition) is 2. The highest BCUT2D eigenvalue weighted by atomic mass is 19.1. The van der Waals surface area contributed by atoms with Gasteiger partial charge in [0, 0.05) is 22.4 Å². The van der Waals surface area contributed by atoms with Gasteiger partial charge in [-0.05, 0) is 51.7 Å². The molecule has 0 amide bonds. The van der Waals surface area contributed by atoms with Crippen molar-refractivity contribution in [2.75, 3.05) is 0 Å². The smallest absolute Gasteiger partial charge is 0.123 e. The molecule has 1 atom stereocenters. The Morgan fingerprint density at radius 2 is 1.38 bits per heavy atom. The van der Waals surface area contributed by atoms with Crippen molar-refractivity contribution < 1.29 is 9.50 Å². The molecule has 0 aliphatic heterocycles. The van der Waals surface area contributed by atoms with Gasteiger partial charge in [0.2, 0.25) is 0 Å². The Hall–Kier alpha value is -4.37. The molecule has 34 heavy (non-hydrogen) atoms. The summed E-state index contributed by atoms with van der Waals surface area (Å²) in [6, 6.07) is 36.7. The standard InChI is InChI=1S/C31H22FNO/c32-23-13-8-12-22(19-23)28(29-24-14-5-4-9-20(24)17-18-27(29)34)30-25-15-6-7-16-26(25)33-31(30)21-10-2-1-3-11-21/h1-19,28,33-34H/t28-/m0/s1. The lowest BCUT2D eigenvalue weighted by atomic mass is 9.80. The van der Waals surface area contributed by atoms with Gasteiger partial charge in [0.15, 0.2) is 0 Å². The van der Waals surface area contributed by atoms with E-state index < -0.39 is 5.92 Å². The zero-order valence-corrected chi connectivity index (χ0v) is 18.4. The molecule has 0 saturated carbocycles. The molecule has 2 N–H and O–H groups in total. The van der Waals surface area contributed by atoms with Crippen molar-refractivity contribution in [1.29, 1.82) is 0 Å². The zero-order valence-electron chi connectivity index (χ0n) is 18.4. The predicted molar refractivity (Wildman–Crippen MR) is 137 cm³/mol. The molecule has 1 aromatic heterocycles. The summed E-state index contributed by atoms with van der Waals surface area (Å²) < 4.78 is 14.6. The molecule has 3 heteroatoms. The largest absolute Gasteiger partial charge is 0.508 e. The van der Waals surface area contributed by atoms with Crippen molar-refractivity contribution in [1.82, 2.24) is 4.98 Å². The van der Waals surface area contributed by atoms with Crippen LogP contribution >= 0.6 is 0 Å². The number of halogens is 1. The number of H-pyrrole nitrogens is 1. The van der Waals surface area contributed by atoms with Gasteiger partial charge in [-0.3, -0.25) is 0 Å². The molecule has 0 radical (unpaired) electrons. The van der Waals surface area contributed by atoms with Crippen LogP contribution in [0.2, 0.25) is 0 Å². The predicted octanol–water partition coefficient (Wildman–Crippen LogP) is 8.01. The minimum Gasteiger partial charge on any atom is -0.508 e. The first-order valence-electron chi connectivity index (χ1n) is 11.3. The number of hydrogen-bond acceptors (Lipinski definition) is 1.